The predicted octanol–water partition coefficient (Wildman–Crippen LogP) is 2.42. The standard InChI is InChI=1S/C14H16ClFN2O2/c1-9-2-3-12(15)11(13(9)16)7-17-4-5-18-10(6-17)8-20-14(18)19/h2-3,10H,4-8H2,1H3. The van der Waals surface area contributed by atoms with Crippen LogP contribution in [0.5, 0.6) is 0 Å². The first-order chi connectivity index (χ1) is 9.56. The van der Waals surface area contributed by atoms with E-state index in [9.17, 15) is 9.18 Å². The molecular weight excluding hydrogens is 283 g/mol. The third-order valence-corrected chi connectivity index (χ3v) is 4.32. The van der Waals surface area contributed by atoms with E-state index >= 15 is 0 Å². The molecule has 2 aliphatic heterocycles. The Morgan fingerprint density at radius 3 is 3.05 bits per heavy atom. The second-order valence-corrected chi connectivity index (χ2v) is 5.72. The lowest BCUT2D eigenvalue weighted by Crippen LogP contribution is -2.51. The molecule has 0 aromatic heterocycles. The summed E-state index contributed by atoms with van der Waals surface area (Å²) >= 11 is 6.10. The molecule has 0 spiro atoms. The molecule has 2 saturated heterocycles. The van der Waals surface area contributed by atoms with Crippen molar-refractivity contribution in [1.82, 2.24) is 9.80 Å². The van der Waals surface area contributed by atoms with Gasteiger partial charge in [0.15, 0.2) is 0 Å². The largest absolute Gasteiger partial charge is 0.447 e. The predicted molar refractivity (Wildman–Crippen MR) is 73.3 cm³/mol. The van der Waals surface area contributed by atoms with Gasteiger partial charge in [-0.15, -0.1) is 0 Å². The first-order valence-electron chi connectivity index (χ1n) is 6.65. The highest BCUT2D eigenvalue weighted by Gasteiger charge is 2.37. The average Bonchev–Trinajstić information content (AvgIpc) is 2.80. The lowest BCUT2D eigenvalue weighted by Gasteiger charge is -2.35. The Hall–Kier alpha value is -1.33. The average molecular weight is 299 g/mol. The summed E-state index contributed by atoms with van der Waals surface area (Å²) in [7, 11) is 0. The molecule has 1 aromatic rings. The second kappa shape index (κ2) is 5.22. The zero-order chi connectivity index (χ0) is 14.3. The Morgan fingerprint density at radius 2 is 2.25 bits per heavy atom. The minimum atomic E-state index is -0.241. The van der Waals surface area contributed by atoms with Crippen molar-refractivity contribution in [2.45, 2.75) is 19.5 Å². The van der Waals surface area contributed by atoms with Crippen LogP contribution in [-0.4, -0.2) is 48.2 Å². The van der Waals surface area contributed by atoms with Crippen molar-refractivity contribution in [2.75, 3.05) is 26.2 Å². The number of ether oxygens (including phenoxy) is 1. The van der Waals surface area contributed by atoms with Gasteiger partial charge in [0.2, 0.25) is 0 Å². The highest BCUT2D eigenvalue weighted by atomic mass is 35.5. The highest BCUT2D eigenvalue weighted by Crippen LogP contribution is 2.25. The summed E-state index contributed by atoms with van der Waals surface area (Å²) in [6.45, 7) is 4.63. The molecule has 2 heterocycles. The second-order valence-electron chi connectivity index (χ2n) is 5.32. The van der Waals surface area contributed by atoms with Crippen molar-refractivity contribution in [1.29, 1.82) is 0 Å². The summed E-state index contributed by atoms with van der Waals surface area (Å²) in [5.41, 5.74) is 1.13. The van der Waals surface area contributed by atoms with Crippen LogP contribution in [0.15, 0.2) is 12.1 Å². The number of carbonyl (C=O) groups is 1. The molecule has 20 heavy (non-hydrogen) atoms. The van der Waals surface area contributed by atoms with Gasteiger partial charge < -0.3 is 4.74 Å². The van der Waals surface area contributed by atoms with Gasteiger partial charge in [-0.05, 0) is 18.6 Å². The van der Waals surface area contributed by atoms with Gasteiger partial charge in [-0.3, -0.25) is 9.80 Å². The topological polar surface area (TPSA) is 32.8 Å². The summed E-state index contributed by atoms with van der Waals surface area (Å²) in [6, 6.07) is 3.49. The number of benzene rings is 1. The van der Waals surface area contributed by atoms with Crippen LogP contribution >= 0.6 is 11.6 Å². The van der Waals surface area contributed by atoms with Gasteiger partial charge in [-0.25, -0.2) is 9.18 Å². The number of piperazine rings is 1. The van der Waals surface area contributed by atoms with Crippen molar-refractivity contribution in [3.05, 3.63) is 34.1 Å². The number of amides is 1. The molecule has 6 heteroatoms. The molecule has 0 N–H and O–H groups in total. The van der Waals surface area contributed by atoms with Crippen molar-refractivity contribution in [3.8, 4) is 0 Å². The van der Waals surface area contributed by atoms with Gasteiger partial charge in [0.25, 0.3) is 0 Å². The van der Waals surface area contributed by atoms with Crippen LogP contribution in [0.1, 0.15) is 11.1 Å². The summed E-state index contributed by atoms with van der Waals surface area (Å²) < 4.78 is 19.2. The monoisotopic (exact) mass is 298 g/mol. The zero-order valence-electron chi connectivity index (χ0n) is 11.2. The third-order valence-electron chi connectivity index (χ3n) is 3.96. The number of rotatable bonds is 2. The molecule has 0 saturated carbocycles. The Kier molecular flexibility index (Phi) is 3.56. The first kappa shape index (κ1) is 13.6. The molecule has 108 valence electrons. The molecule has 0 bridgehead atoms. The Morgan fingerprint density at radius 1 is 1.45 bits per heavy atom. The number of hydrogen-bond acceptors (Lipinski definition) is 3. The van der Waals surface area contributed by atoms with E-state index in [2.05, 4.69) is 4.90 Å². The van der Waals surface area contributed by atoms with E-state index < -0.39 is 0 Å². The molecule has 0 aliphatic carbocycles. The van der Waals surface area contributed by atoms with Crippen LogP contribution in [0, 0.1) is 12.7 Å². The zero-order valence-corrected chi connectivity index (χ0v) is 12.0. The Bertz CT molecular complexity index is 552. The van der Waals surface area contributed by atoms with Gasteiger partial charge >= 0.3 is 6.09 Å². The first-order valence-corrected chi connectivity index (χ1v) is 7.03. The van der Waals surface area contributed by atoms with Crippen molar-refractivity contribution in [3.63, 3.8) is 0 Å². The smallest absolute Gasteiger partial charge is 0.410 e. The molecule has 0 radical (unpaired) electrons. The minimum absolute atomic E-state index is 0.0721. The molecule has 1 amide bonds. The molecule has 2 aliphatic rings. The maximum atomic E-state index is 14.1. The fourth-order valence-electron chi connectivity index (χ4n) is 2.78. The number of aryl methyl sites for hydroxylation is 1. The maximum Gasteiger partial charge on any atom is 0.410 e. The molecule has 1 unspecified atom stereocenters. The van der Waals surface area contributed by atoms with Crippen LogP contribution in [0.4, 0.5) is 9.18 Å². The van der Waals surface area contributed by atoms with Gasteiger partial charge in [-0.2, -0.15) is 0 Å². The van der Waals surface area contributed by atoms with Crippen LogP contribution < -0.4 is 0 Å². The minimum Gasteiger partial charge on any atom is -0.447 e. The number of fused-ring (bicyclic) bond motifs is 1. The summed E-state index contributed by atoms with van der Waals surface area (Å²) in [4.78, 5) is 15.3. The van der Waals surface area contributed by atoms with E-state index in [0.29, 0.717) is 48.9 Å². The van der Waals surface area contributed by atoms with Gasteiger partial charge in [0, 0.05) is 36.8 Å². The number of hydrogen-bond donors (Lipinski definition) is 0. The number of nitrogens with zero attached hydrogens (tertiary/aromatic N) is 2. The lowest BCUT2D eigenvalue weighted by atomic mass is 10.1. The lowest BCUT2D eigenvalue weighted by molar-refractivity contribution is 0.114. The number of carbonyl (C=O) groups excluding carboxylic acids is 1. The van der Waals surface area contributed by atoms with E-state index in [1.54, 1.807) is 24.0 Å². The molecule has 1 aromatic carbocycles. The molecule has 2 fully saturated rings. The van der Waals surface area contributed by atoms with Crippen LogP contribution in [-0.2, 0) is 11.3 Å². The molecule has 1 atom stereocenters. The third kappa shape index (κ3) is 2.36. The van der Waals surface area contributed by atoms with Crippen LogP contribution in [0.25, 0.3) is 0 Å². The fraction of sp³-hybridized carbons (Fsp3) is 0.500. The Balaban J connectivity index is 1.73. The highest BCUT2D eigenvalue weighted by molar-refractivity contribution is 6.31. The van der Waals surface area contributed by atoms with Crippen molar-refractivity contribution in [2.24, 2.45) is 0 Å². The molecule has 3 rings (SSSR count). The fourth-order valence-corrected chi connectivity index (χ4v) is 2.99. The van der Waals surface area contributed by atoms with E-state index in [1.165, 1.54) is 0 Å². The van der Waals surface area contributed by atoms with E-state index in [1.807, 2.05) is 0 Å². The molecular formula is C14H16ClFN2O2. The van der Waals surface area contributed by atoms with Crippen molar-refractivity contribution >= 4 is 17.7 Å². The van der Waals surface area contributed by atoms with Gasteiger partial charge in [0.05, 0.1) is 6.04 Å². The maximum absolute atomic E-state index is 14.1. The van der Waals surface area contributed by atoms with E-state index in [-0.39, 0.29) is 18.0 Å². The van der Waals surface area contributed by atoms with Crippen molar-refractivity contribution < 1.29 is 13.9 Å². The molecule has 4 nitrogen and oxygen atoms in total. The summed E-state index contributed by atoms with van der Waals surface area (Å²) in [5.74, 6) is -0.237. The van der Waals surface area contributed by atoms with Crippen LogP contribution in [0.3, 0.4) is 0 Å². The SMILES string of the molecule is Cc1ccc(Cl)c(CN2CCN3C(=O)OCC3C2)c1F. The van der Waals surface area contributed by atoms with Crippen LogP contribution in [0.2, 0.25) is 5.02 Å². The number of halogens is 2. The summed E-state index contributed by atoms with van der Waals surface area (Å²) in [5, 5.41) is 0.453. The quantitative estimate of drug-likeness (QED) is 0.841. The van der Waals surface area contributed by atoms with Gasteiger partial charge in [-0.1, -0.05) is 17.7 Å². The van der Waals surface area contributed by atoms with E-state index in [0.717, 1.165) is 0 Å². The van der Waals surface area contributed by atoms with E-state index in [4.69, 9.17) is 16.3 Å². The number of cyclic esters (lactones) is 1. The normalized spacial score (nSPS) is 22.9. The Labute approximate surface area is 122 Å². The summed E-state index contributed by atoms with van der Waals surface area (Å²) in [6.07, 6.45) is -0.241. The van der Waals surface area contributed by atoms with Gasteiger partial charge in [0.1, 0.15) is 12.4 Å².